The Kier molecular flexibility index (Phi) is 12.0. The van der Waals surface area contributed by atoms with Crippen molar-refractivity contribution in [2.45, 2.75) is 97.9 Å². The molecule has 6 atom stereocenters. The Morgan fingerprint density at radius 1 is 0.818 bits per heavy atom. The van der Waals surface area contributed by atoms with E-state index in [2.05, 4.69) is 0 Å². The lowest BCUT2D eigenvalue weighted by Crippen LogP contribution is -2.54. The van der Waals surface area contributed by atoms with Crippen LogP contribution in [0.5, 0.6) is 17.2 Å². The molecular weight excluding hydrogens is 580 g/mol. The molecule has 2 rings (SSSR count). The second-order valence-electron chi connectivity index (χ2n) is 10.7. The molecule has 0 bridgehead atoms. The van der Waals surface area contributed by atoms with E-state index in [-0.39, 0.29) is 18.1 Å². The second-order valence-corrected chi connectivity index (χ2v) is 10.7. The summed E-state index contributed by atoms with van der Waals surface area (Å²) in [6.07, 6.45) is -2.21. The van der Waals surface area contributed by atoms with E-state index < -0.39 is 59.5 Å². The topological polar surface area (TPSA) is 173 Å². The highest BCUT2D eigenvalue weighted by molar-refractivity contribution is 5.89. The first-order chi connectivity index (χ1) is 20.4. The molecule has 0 aliphatic carbocycles. The normalized spacial score (nSPS) is 18.5. The Balaban J connectivity index is 2.26. The van der Waals surface area contributed by atoms with Crippen molar-refractivity contribution in [2.75, 3.05) is 13.9 Å². The summed E-state index contributed by atoms with van der Waals surface area (Å²) in [7, 11) is 1.42. The summed E-state index contributed by atoms with van der Waals surface area (Å²) < 4.78 is 37.9. The Hall–Kier alpha value is -4.10. The molecule has 0 saturated carbocycles. The number of hydrogen-bond acceptors (Lipinski definition) is 13. The molecule has 0 saturated heterocycles. The molecule has 244 valence electrons. The summed E-state index contributed by atoms with van der Waals surface area (Å²) in [5.41, 5.74) is -3.86. The first-order valence-corrected chi connectivity index (χ1v) is 13.9. The SMILES string of the molecule is CC=C(C)C(=O)O[C@@H](C)[C@@](C)(O)C(=O)O[C@@H](C)[C@@](C)(O)C(=O)O[C@H](C)[C@@H](OC(=O)C(C)=CC)c1cc(OC)c2c(c1)OCO2. The van der Waals surface area contributed by atoms with Gasteiger partial charge in [-0.15, -0.1) is 0 Å². The number of allylic oxidation sites excluding steroid dienone is 2. The number of ether oxygens (including phenoxy) is 7. The smallest absolute Gasteiger partial charge is 0.342 e. The fourth-order valence-corrected chi connectivity index (χ4v) is 3.64. The zero-order valence-corrected chi connectivity index (χ0v) is 26.7. The zero-order valence-electron chi connectivity index (χ0n) is 26.7. The molecule has 0 unspecified atom stereocenters. The van der Waals surface area contributed by atoms with Crippen LogP contribution in [0, 0.1) is 0 Å². The van der Waals surface area contributed by atoms with E-state index in [9.17, 15) is 29.4 Å². The van der Waals surface area contributed by atoms with Gasteiger partial charge in [-0.1, -0.05) is 12.2 Å². The Bertz CT molecular complexity index is 1310. The van der Waals surface area contributed by atoms with Crippen molar-refractivity contribution in [1.82, 2.24) is 0 Å². The van der Waals surface area contributed by atoms with Crippen molar-refractivity contribution in [1.29, 1.82) is 0 Å². The molecule has 1 aromatic carbocycles. The van der Waals surface area contributed by atoms with Crippen LogP contribution in [0.25, 0.3) is 0 Å². The van der Waals surface area contributed by atoms with E-state index in [1.807, 2.05) is 0 Å². The van der Waals surface area contributed by atoms with Crippen LogP contribution < -0.4 is 14.2 Å². The molecule has 1 aliphatic heterocycles. The standard InChI is InChI=1S/C31H42O13/c1-11-16(3)26(32)42-19(6)30(8,36)29(35)43-20(7)31(9,37)28(34)41-18(5)24(44-27(33)17(4)12-2)21-13-22(38-10)25-23(14-21)39-15-40-25/h11-14,18-20,24,36-37H,15H2,1-10H3/t18-,19+,20+,24-,30-,31-/m1/s1. The van der Waals surface area contributed by atoms with Crippen LogP contribution in [0.3, 0.4) is 0 Å². The Morgan fingerprint density at radius 2 is 1.32 bits per heavy atom. The highest BCUT2D eigenvalue weighted by Crippen LogP contribution is 2.44. The number of esters is 4. The van der Waals surface area contributed by atoms with Gasteiger partial charge in [0.25, 0.3) is 0 Å². The number of methoxy groups -OCH3 is 1. The van der Waals surface area contributed by atoms with Gasteiger partial charge in [0.05, 0.1) is 7.11 Å². The van der Waals surface area contributed by atoms with Gasteiger partial charge in [-0.05, 0) is 74.4 Å². The largest absolute Gasteiger partial charge is 0.493 e. The highest BCUT2D eigenvalue weighted by Gasteiger charge is 2.47. The number of fused-ring (bicyclic) bond motifs is 1. The van der Waals surface area contributed by atoms with Crippen molar-refractivity contribution in [2.24, 2.45) is 0 Å². The molecule has 2 N–H and O–H groups in total. The monoisotopic (exact) mass is 622 g/mol. The summed E-state index contributed by atoms with van der Waals surface area (Å²) in [4.78, 5) is 50.9. The van der Waals surface area contributed by atoms with Gasteiger partial charge >= 0.3 is 23.9 Å². The van der Waals surface area contributed by atoms with Crippen molar-refractivity contribution in [3.05, 3.63) is 41.0 Å². The summed E-state index contributed by atoms with van der Waals surface area (Å²) in [5, 5.41) is 21.8. The van der Waals surface area contributed by atoms with E-state index in [0.717, 1.165) is 13.8 Å². The molecule has 0 radical (unpaired) electrons. The lowest BCUT2D eigenvalue weighted by molar-refractivity contribution is -0.204. The van der Waals surface area contributed by atoms with Crippen LogP contribution in [0.15, 0.2) is 35.4 Å². The van der Waals surface area contributed by atoms with Gasteiger partial charge in [0.1, 0.15) is 18.3 Å². The van der Waals surface area contributed by atoms with E-state index in [1.165, 1.54) is 46.9 Å². The van der Waals surface area contributed by atoms with Gasteiger partial charge in [-0.25, -0.2) is 19.2 Å². The Labute approximate surface area is 256 Å². The zero-order chi connectivity index (χ0) is 33.6. The van der Waals surface area contributed by atoms with E-state index in [4.69, 9.17) is 33.2 Å². The highest BCUT2D eigenvalue weighted by atomic mass is 16.7. The molecule has 0 fully saturated rings. The molecule has 0 aromatic heterocycles. The molecule has 0 spiro atoms. The maximum atomic E-state index is 13.2. The van der Waals surface area contributed by atoms with Gasteiger partial charge in [0.2, 0.25) is 12.5 Å². The van der Waals surface area contributed by atoms with Crippen LogP contribution >= 0.6 is 0 Å². The third-order valence-electron chi connectivity index (χ3n) is 7.45. The quantitative estimate of drug-likeness (QED) is 0.187. The van der Waals surface area contributed by atoms with Crippen molar-refractivity contribution < 1.29 is 62.5 Å². The molecule has 1 aliphatic rings. The number of benzene rings is 1. The maximum Gasteiger partial charge on any atom is 0.342 e. The van der Waals surface area contributed by atoms with Crippen LogP contribution in [0.2, 0.25) is 0 Å². The fraction of sp³-hybridized carbons (Fsp3) is 0.548. The number of carbonyl (C=O) groups excluding carboxylic acids is 4. The van der Waals surface area contributed by atoms with Crippen LogP contribution in [-0.2, 0) is 38.1 Å². The van der Waals surface area contributed by atoms with E-state index >= 15 is 0 Å². The average molecular weight is 623 g/mol. The minimum absolute atomic E-state index is 0.0508. The van der Waals surface area contributed by atoms with Gasteiger partial charge in [-0.3, -0.25) is 0 Å². The number of aliphatic hydroxyl groups is 2. The van der Waals surface area contributed by atoms with Crippen molar-refractivity contribution in [3.63, 3.8) is 0 Å². The molecule has 44 heavy (non-hydrogen) atoms. The molecule has 1 heterocycles. The fourth-order valence-electron chi connectivity index (χ4n) is 3.64. The van der Waals surface area contributed by atoms with E-state index in [1.54, 1.807) is 32.9 Å². The van der Waals surface area contributed by atoms with Crippen LogP contribution in [-0.4, -0.2) is 77.5 Å². The minimum atomic E-state index is -2.43. The van der Waals surface area contributed by atoms with E-state index in [0.29, 0.717) is 22.6 Å². The van der Waals surface area contributed by atoms with Gasteiger partial charge < -0.3 is 43.4 Å². The first kappa shape index (κ1) is 36.1. The molecule has 0 amide bonds. The van der Waals surface area contributed by atoms with Crippen molar-refractivity contribution >= 4 is 23.9 Å². The third kappa shape index (κ3) is 8.08. The average Bonchev–Trinajstić information content (AvgIpc) is 3.46. The van der Waals surface area contributed by atoms with Gasteiger partial charge in [0, 0.05) is 16.7 Å². The summed E-state index contributed by atoms with van der Waals surface area (Å²) in [6, 6.07) is 3.09. The third-order valence-corrected chi connectivity index (χ3v) is 7.45. The maximum absolute atomic E-state index is 13.2. The van der Waals surface area contributed by atoms with Crippen LogP contribution in [0.4, 0.5) is 0 Å². The number of carbonyl (C=O) groups is 4. The lowest BCUT2D eigenvalue weighted by Gasteiger charge is -2.34. The summed E-state index contributed by atoms with van der Waals surface area (Å²) in [6.45, 7) is 12.4. The number of hydrogen-bond donors (Lipinski definition) is 2. The Morgan fingerprint density at radius 3 is 1.84 bits per heavy atom. The summed E-state index contributed by atoms with van der Waals surface area (Å²) in [5.74, 6) is -2.94. The molecule has 1 aromatic rings. The number of rotatable bonds is 13. The predicted molar refractivity (Wildman–Crippen MR) is 155 cm³/mol. The summed E-state index contributed by atoms with van der Waals surface area (Å²) >= 11 is 0. The first-order valence-electron chi connectivity index (χ1n) is 13.9. The van der Waals surface area contributed by atoms with Crippen LogP contribution in [0.1, 0.15) is 74.0 Å². The lowest BCUT2D eigenvalue weighted by atomic mass is 9.98. The molecular formula is C31H42O13. The van der Waals surface area contributed by atoms with Gasteiger partial charge in [0.15, 0.2) is 28.8 Å². The predicted octanol–water partition coefficient (Wildman–Crippen LogP) is 3.24. The van der Waals surface area contributed by atoms with Crippen molar-refractivity contribution in [3.8, 4) is 17.2 Å². The molecule has 13 heteroatoms. The minimum Gasteiger partial charge on any atom is -0.493 e. The second kappa shape index (κ2) is 14.6. The van der Waals surface area contributed by atoms with Gasteiger partial charge in [-0.2, -0.15) is 0 Å². The molecule has 13 nitrogen and oxygen atoms in total.